The lowest BCUT2D eigenvalue weighted by molar-refractivity contribution is -0.137. The third-order valence-corrected chi connectivity index (χ3v) is 13.7. The van der Waals surface area contributed by atoms with Gasteiger partial charge in [0.2, 0.25) is 47.3 Å². The number of benzene rings is 2. The van der Waals surface area contributed by atoms with Gasteiger partial charge in [-0.25, -0.2) is 10.3 Å². The molecule has 2 aromatic carbocycles. The van der Waals surface area contributed by atoms with Gasteiger partial charge in [-0.2, -0.15) is 11.8 Å². The molecule has 3 heterocycles. The summed E-state index contributed by atoms with van der Waals surface area (Å²) in [5.41, 5.74) is 9.29. The molecule has 2 aliphatic rings. The van der Waals surface area contributed by atoms with Crippen molar-refractivity contribution in [3.05, 3.63) is 71.9 Å². The molecule has 22 heteroatoms. The summed E-state index contributed by atoms with van der Waals surface area (Å²) in [6, 6.07) is 12.9. The van der Waals surface area contributed by atoms with Crippen molar-refractivity contribution in [3.63, 3.8) is 0 Å². The highest BCUT2D eigenvalue weighted by Gasteiger charge is 2.42. The highest BCUT2D eigenvalue weighted by atomic mass is 32.2. The van der Waals surface area contributed by atoms with E-state index in [1.165, 1.54) is 0 Å². The molecular formula is C48H67N11O10S. The van der Waals surface area contributed by atoms with Crippen LogP contribution in [0.1, 0.15) is 82.8 Å². The Kier molecular flexibility index (Phi) is 21.3. The van der Waals surface area contributed by atoms with Crippen molar-refractivity contribution in [2.45, 2.75) is 120 Å². The molecule has 0 spiro atoms. The quantitative estimate of drug-likeness (QED) is 0.0199. The van der Waals surface area contributed by atoms with Crippen molar-refractivity contribution in [1.29, 1.82) is 0 Å². The third-order valence-electron chi connectivity index (χ3n) is 12.2. The number of aromatic nitrogens is 1. The maximum Gasteiger partial charge on any atom is 0.315 e. The summed E-state index contributed by atoms with van der Waals surface area (Å²) in [6.07, 6.45) is 5.77. The fourth-order valence-corrected chi connectivity index (χ4v) is 10.1. The predicted molar refractivity (Wildman–Crippen MR) is 261 cm³/mol. The molecule has 3 aromatic rings. The normalized spacial score (nSPS) is 17.7. The number of aromatic amines is 1. The molecule has 5 rings (SSSR count). The molecule has 0 saturated carbocycles. The van der Waals surface area contributed by atoms with Gasteiger partial charge in [0.15, 0.2) is 0 Å². The highest BCUT2D eigenvalue weighted by molar-refractivity contribution is 8.00. The number of para-hydroxylation sites is 1. The Morgan fingerprint density at radius 2 is 1.46 bits per heavy atom. The van der Waals surface area contributed by atoms with Crippen molar-refractivity contribution in [1.82, 2.24) is 53.0 Å². The number of carbonyl (C=O) groups is 9. The molecule has 2 saturated heterocycles. The number of thioether (sulfide) groups is 1. The number of hydroxylamine groups is 1. The van der Waals surface area contributed by atoms with E-state index in [2.05, 4.69) is 47.5 Å². The van der Waals surface area contributed by atoms with Gasteiger partial charge in [-0.05, 0) is 61.6 Å². The van der Waals surface area contributed by atoms with E-state index in [0.717, 1.165) is 35.9 Å². The Labute approximate surface area is 410 Å². The molecule has 0 radical (unpaired) electrons. The first kappa shape index (κ1) is 54.3. The molecular weight excluding hydrogens is 923 g/mol. The number of rotatable bonds is 29. The number of hydrogen-bond donors (Lipinski definition) is 12. The van der Waals surface area contributed by atoms with E-state index in [1.54, 1.807) is 42.0 Å². The molecule has 21 nitrogen and oxygen atoms in total. The smallest absolute Gasteiger partial charge is 0.315 e. The van der Waals surface area contributed by atoms with E-state index in [-0.39, 0.29) is 62.0 Å². The van der Waals surface area contributed by atoms with Crippen molar-refractivity contribution >= 4 is 76.0 Å². The Hall–Kier alpha value is -6.68. The van der Waals surface area contributed by atoms with E-state index < -0.39 is 78.5 Å². The third kappa shape index (κ3) is 17.4. The van der Waals surface area contributed by atoms with Gasteiger partial charge in [0, 0.05) is 66.2 Å². The molecule has 13 N–H and O–H groups in total. The van der Waals surface area contributed by atoms with E-state index >= 15 is 0 Å². The van der Waals surface area contributed by atoms with E-state index in [1.807, 2.05) is 49.9 Å². The second-order valence-corrected chi connectivity index (χ2v) is 19.4. The number of hydrogen-bond acceptors (Lipinski definition) is 11. The minimum Gasteiger partial charge on any atom is -0.368 e. The number of H-pyrrole nitrogens is 1. The minimum atomic E-state index is -1.24. The average Bonchev–Trinajstić information content (AvgIpc) is 4.04. The number of unbranched alkanes of at least 4 members (excludes halogenated alkanes) is 2. The largest absolute Gasteiger partial charge is 0.368 e. The number of carbonyl (C=O) groups excluding carboxylic acids is 9. The zero-order valence-electron chi connectivity index (χ0n) is 39.6. The maximum atomic E-state index is 14.2. The van der Waals surface area contributed by atoms with Crippen LogP contribution in [0.25, 0.3) is 10.9 Å². The molecule has 2 fully saturated rings. The first-order valence-corrected chi connectivity index (χ1v) is 24.9. The highest BCUT2D eigenvalue weighted by Crippen LogP contribution is 2.33. The van der Waals surface area contributed by atoms with Gasteiger partial charge in [0.1, 0.15) is 18.1 Å². The van der Waals surface area contributed by atoms with Crippen molar-refractivity contribution in [2.24, 2.45) is 17.6 Å². The Bertz CT molecular complexity index is 2300. The standard InChI is InChI=1S/C48H67N11O10S/c1-28(2)20-30(23-40(61)59-69)45(65)55-36(22-31-24-51-33-15-7-6-14-32(31)33)47(67)56-35(21-29-12-4-3-5-13-29)46(66)53-25-41(62)52-26-42(63)54-34(44(49)64)16-10-11-19-50-39(60)18-9-8-17-38-43-37(27-70-38)57-48(68)58-43/h3-7,12-15,24,28,30,34-38,43,51,69H,8-11,16-23,25-27H2,1-2H3,(H2,49,64)(H,50,60)(H,52,62)(H,53,66)(H,54,63)(H,55,65)(H,56,67)(H,59,61)(H2,57,58,68)/t30?,34-,35-,36-,37-,38-,43-/m0/s1. The number of primary amides is 1. The van der Waals surface area contributed by atoms with Gasteiger partial charge in [-0.15, -0.1) is 0 Å². The van der Waals surface area contributed by atoms with Crippen LogP contribution in [0.15, 0.2) is 60.8 Å². The van der Waals surface area contributed by atoms with Gasteiger partial charge in [0.25, 0.3) is 0 Å². The summed E-state index contributed by atoms with van der Waals surface area (Å²) in [5, 5.41) is 32.1. The van der Waals surface area contributed by atoms with Crippen LogP contribution in [0.5, 0.6) is 0 Å². The fourth-order valence-electron chi connectivity index (χ4n) is 8.60. The van der Waals surface area contributed by atoms with Crippen LogP contribution in [-0.2, 0) is 51.2 Å². The van der Waals surface area contributed by atoms with Crippen molar-refractivity contribution < 1.29 is 48.4 Å². The maximum absolute atomic E-state index is 14.2. The van der Waals surface area contributed by atoms with Crippen LogP contribution < -0.4 is 53.7 Å². The van der Waals surface area contributed by atoms with Crippen LogP contribution in [-0.4, -0.2) is 124 Å². The predicted octanol–water partition coefficient (Wildman–Crippen LogP) is 0.695. The van der Waals surface area contributed by atoms with Crippen LogP contribution >= 0.6 is 11.8 Å². The van der Waals surface area contributed by atoms with Gasteiger partial charge < -0.3 is 53.3 Å². The Morgan fingerprint density at radius 1 is 0.743 bits per heavy atom. The number of fused-ring (bicyclic) bond motifs is 2. The van der Waals surface area contributed by atoms with Gasteiger partial charge >= 0.3 is 6.03 Å². The van der Waals surface area contributed by atoms with E-state index in [0.29, 0.717) is 42.2 Å². The first-order chi connectivity index (χ1) is 33.6. The SMILES string of the molecule is CC(C)CC(CC(=O)NO)C(=O)N[C@@H](Cc1c[nH]c2ccccc12)C(=O)N[C@@H](Cc1ccccc1)C(=O)NCC(=O)NCC(=O)N[C@@H](CCCCNC(=O)CCCC[C@@H]1SC[C@@H]2NC(=O)N[C@@H]21)C(N)=O. The average molecular weight is 990 g/mol. The van der Waals surface area contributed by atoms with Crippen molar-refractivity contribution in [2.75, 3.05) is 25.4 Å². The lowest BCUT2D eigenvalue weighted by atomic mass is 9.92. The second-order valence-electron chi connectivity index (χ2n) is 18.2. The Balaban J connectivity index is 1.08. The lowest BCUT2D eigenvalue weighted by Gasteiger charge is -2.25. The lowest BCUT2D eigenvalue weighted by Crippen LogP contribution is -2.56. The van der Waals surface area contributed by atoms with E-state index in [4.69, 9.17) is 5.73 Å². The summed E-state index contributed by atoms with van der Waals surface area (Å²) in [5.74, 6) is -5.09. The molecule has 1 unspecified atom stereocenters. The number of amides is 10. The summed E-state index contributed by atoms with van der Waals surface area (Å²) < 4.78 is 0. The number of urea groups is 1. The first-order valence-electron chi connectivity index (χ1n) is 23.8. The topological polar surface area (TPSA) is 324 Å². The molecule has 0 bridgehead atoms. The second kappa shape index (κ2) is 27.5. The van der Waals surface area contributed by atoms with Crippen LogP contribution in [0.3, 0.4) is 0 Å². The Morgan fingerprint density at radius 3 is 2.20 bits per heavy atom. The van der Waals surface area contributed by atoms with E-state index in [9.17, 15) is 48.4 Å². The van der Waals surface area contributed by atoms with Crippen LogP contribution in [0.4, 0.5) is 4.79 Å². The number of nitrogens with one attached hydrogen (secondary N) is 10. The zero-order chi connectivity index (χ0) is 50.6. The molecule has 70 heavy (non-hydrogen) atoms. The monoisotopic (exact) mass is 989 g/mol. The molecule has 2 aliphatic heterocycles. The fraction of sp³-hybridized carbons (Fsp3) is 0.521. The molecule has 7 atom stereocenters. The van der Waals surface area contributed by atoms with Crippen LogP contribution in [0, 0.1) is 11.8 Å². The van der Waals surface area contributed by atoms with Gasteiger partial charge in [-0.1, -0.05) is 68.8 Å². The van der Waals surface area contributed by atoms with Gasteiger partial charge in [-0.3, -0.25) is 43.6 Å². The summed E-state index contributed by atoms with van der Waals surface area (Å²) in [7, 11) is 0. The minimum absolute atomic E-state index is 0.00588. The molecule has 0 aliphatic carbocycles. The molecule has 1 aromatic heterocycles. The summed E-state index contributed by atoms with van der Waals surface area (Å²) in [6.45, 7) is 3.02. The summed E-state index contributed by atoms with van der Waals surface area (Å²) >= 11 is 1.84. The summed E-state index contributed by atoms with van der Waals surface area (Å²) in [4.78, 5) is 119. The van der Waals surface area contributed by atoms with Crippen LogP contribution in [0.2, 0.25) is 0 Å². The van der Waals surface area contributed by atoms with Crippen molar-refractivity contribution in [3.8, 4) is 0 Å². The number of nitrogens with two attached hydrogens (primary N) is 1. The molecule has 380 valence electrons. The van der Waals surface area contributed by atoms with Gasteiger partial charge in [0.05, 0.1) is 25.2 Å². The molecule has 10 amide bonds. The zero-order valence-corrected chi connectivity index (χ0v) is 40.4.